The van der Waals surface area contributed by atoms with Crippen LogP contribution in [0.1, 0.15) is 38.7 Å². The quantitative estimate of drug-likeness (QED) is 0.334. The zero-order valence-electron chi connectivity index (χ0n) is 21.8. The number of nitrogens with zero attached hydrogens (tertiary/aromatic N) is 1. The fourth-order valence-corrected chi connectivity index (χ4v) is 6.37. The van der Waals surface area contributed by atoms with Gasteiger partial charge in [-0.1, -0.05) is 42.8 Å². The number of halogens is 3. The van der Waals surface area contributed by atoms with Crippen LogP contribution in [0.25, 0.3) is 10.8 Å². The minimum atomic E-state index is -4.48. The molecular weight excluding hydrogens is 529 g/mol. The van der Waals surface area contributed by atoms with Crippen molar-refractivity contribution in [3.63, 3.8) is 0 Å². The lowest BCUT2D eigenvalue weighted by Crippen LogP contribution is -2.55. The van der Waals surface area contributed by atoms with E-state index >= 15 is 0 Å². The Labute approximate surface area is 226 Å². The summed E-state index contributed by atoms with van der Waals surface area (Å²) < 4.78 is 67.9. The predicted molar refractivity (Wildman–Crippen MR) is 146 cm³/mol. The molecule has 0 spiro atoms. The number of anilines is 1. The monoisotopic (exact) mass is 562 g/mol. The molecule has 4 rings (SSSR count). The summed E-state index contributed by atoms with van der Waals surface area (Å²) in [5, 5.41) is 6.76. The van der Waals surface area contributed by atoms with Crippen LogP contribution in [0.15, 0.2) is 71.6 Å². The minimum absolute atomic E-state index is 0.0675. The number of sulfonamides is 1. The van der Waals surface area contributed by atoms with Gasteiger partial charge in [0.1, 0.15) is 0 Å². The Morgan fingerprint density at radius 1 is 0.974 bits per heavy atom. The highest BCUT2D eigenvalue weighted by atomic mass is 32.2. The SMILES string of the molecule is C[C@@H]1CCC[C@H](C)N1C[C@H](CNS(=O)(=O)c1cccc2ccccc12)NC(=O)Nc1ccc(C(F)(F)F)cc1. The third-order valence-electron chi connectivity index (χ3n) is 7.17. The summed E-state index contributed by atoms with van der Waals surface area (Å²) in [6.45, 7) is 4.55. The van der Waals surface area contributed by atoms with Crippen LogP contribution in [-0.2, 0) is 16.2 Å². The van der Waals surface area contributed by atoms with Gasteiger partial charge >= 0.3 is 12.2 Å². The molecule has 1 aliphatic heterocycles. The Morgan fingerprint density at radius 2 is 1.62 bits per heavy atom. The number of carbonyl (C=O) groups excluding carboxylic acids is 1. The van der Waals surface area contributed by atoms with Crippen LogP contribution >= 0.6 is 0 Å². The summed E-state index contributed by atoms with van der Waals surface area (Å²) >= 11 is 0. The van der Waals surface area contributed by atoms with Gasteiger partial charge in [0, 0.05) is 36.2 Å². The van der Waals surface area contributed by atoms with Gasteiger partial charge in [0.25, 0.3) is 0 Å². The van der Waals surface area contributed by atoms with E-state index in [0.717, 1.165) is 36.8 Å². The molecule has 2 amide bonds. The van der Waals surface area contributed by atoms with Crippen LogP contribution in [0.4, 0.5) is 23.7 Å². The van der Waals surface area contributed by atoms with Gasteiger partial charge in [0.05, 0.1) is 16.5 Å². The molecule has 1 saturated heterocycles. The molecule has 39 heavy (non-hydrogen) atoms. The molecule has 11 heteroatoms. The summed E-state index contributed by atoms with van der Waals surface area (Å²) in [6.07, 6.45) is -1.39. The fraction of sp³-hybridized carbons (Fsp3) is 0.393. The predicted octanol–water partition coefficient (Wildman–Crippen LogP) is 5.59. The highest BCUT2D eigenvalue weighted by Gasteiger charge is 2.31. The summed E-state index contributed by atoms with van der Waals surface area (Å²) in [6, 6.07) is 15.7. The van der Waals surface area contributed by atoms with E-state index in [1.54, 1.807) is 24.3 Å². The molecule has 1 fully saturated rings. The molecule has 7 nitrogen and oxygen atoms in total. The normalized spacial score (nSPS) is 19.5. The largest absolute Gasteiger partial charge is 0.416 e. The van der Waals surface area contributed by atoms with Crippen molar-refractivity contribution in [1.82, 2.24) is 14.9 Å². The van der Waals surface area contributed by atoms with Gasteiger partial charge in [-0.15, -0.1) is 0 Å². The number of benzene rings is 3. The van der Waals surface area contributed by atoms with Crippen molar-refractivity contribution in [2.75, 3.05) is 18.4 Å². The van der Waals surface area contributed by atoms with Crippen LogP contribution in [0, 0.1) is 0 Å². The Balaban J connectivity index is 1.50. The lowest BCUT2D eigenvalue weighted by molar-refractivity contribution is -0.137. The molecule has 0 radical (unpaired) electrons. The molecule has 3 N–H and O–H groups in total. The second-order valence-electron chi connectivity index (χ2n) is 10.0. The average Bonchev–Trinajstić information content (AvgIpc) is 2.88. The van der Waals surface area contributed by atoms with Crippen molar-refractivity contribution >= 4 is 32.5 Å². The van der Waals surface area contributed by atoms with Crippen LogP contribution < -0.4 is 15.4 Å². The molecule has 0 saturated carbocycles. The van der Waals surface area contributed by atoms with E-state index < -0.39 is 33.8 Å². The number of hydrogen-bond acceptors (Lipinski definition) is 4. The Bertz CT molecular complexity index is 1380. The van der Waals surface area contributed by atoms with E-state index in [9.17, 15) is 26.4 Å². The topological polar surface area (TPSA) is 90.5 Å². The highest BCUT2D eigenvalue weighted by Crippen LogP contribution is 2.30. The number of nitrogens with one attached hydrogen (secondary N) is 3. The van der Waals surface area contributed by atoms with Crippen molar-refractivity contribution in [2.24, 2.45) is 0 Å². The lowest BCUT2D eigenvalue weighted by atomic mass is 9.97. The molecule has 3 aromatic rings. The number of urea groups is 1. The molecule has 0 unspecified atom stereocenters. The maximum Gasteiger partial charge on any atom is 0.416 e. The number of hydrogen-bond donors (Lipinski definition) is 3. The van der Waals surface area contributed by atoms with E-state index in [-0.39, 0.29) is 29.2 Å². The Morgan fingerprint density at radius 3 is 2.28 bits per heavy atom. The first-order chi connectivity index (χ1) is 18.4. The van der Waals surface area contributed by atoms with Crippen molar-refractivity contribution in [1.29, 1.82) is 0 Å². The van der Waals surface area contributed by atoms with Crippen LogP contribution in [0.5, 0.6) is 0 Å². The molecule has 3 atom stereocenters. The Hall–Kier alpha value is -3.15. The van der Waals surface area contributed by atoms with Crippen LogP contribution in [0.2, 0.25) is 0 Å². The highest BCUT2D eigenvalue weighted by molar-refractivity contribution is 7.89. The van der Waals surface area contributed by atoms with Gasteiger partial charge in [-0.2, -0.15) is 13.2 Å². The average molecular weight is 563 g/mol. The number of carbonyl (C=O) groups is 1. The number of amides is 2. The number of fused-ring (bicyclic) bond motifs is 1. The second-order valence-corrected chi connectivity index (χ2v) is 11.8. The molecular formula is C28H33F3N4O3S. The number of alkyl halides is 3. The number of piperidine rings is 1. The maximum absolute atomic E-state index is 13.3. The van der Waals surface area contributed by atoms with Gasteiger partial charge in [0.2, 0.25) is 10.0 Å². The van der Waals surface area contributed by atoms with Gasteiger partial charge in [-0.3, -0.25) is 4.90 Å². The smallest absolute Gasteiger partial charge is 0.333 e. The van der Waals surface area contributed by atoms with E-state index in [1.807, 2.05) is 18.2 Å². The van der Waals surface area contributed by atoms with E-state index in [0.29, 0.717) is 11.9 Å². The second kappa shape index (κ2) is 11.9. The standard InChI is InChI=1S/C28H33F3N4O3S/c1-19-7-5-8-20(2)35(19)18-24(34-27(36)33-23-15-13-22(14-16-23)28(29,30)31)17-32-39(37,38)26-12-6-10-21-9-3-4-11-25(21)26/h3-4,6,9-16,19-20,24,32H,5,7-8,17-18H2,1-2H3,(H2,33,34,36)/t19-,20+,24-/m0/s1. The Kier molecular flexibility index (Phi) is 8.83. The maximum atomic E-state index is 13.3. The van der Waals surface area contributed by atoms with Crippen molar-refractivity contribution in [3.05, 3.63) is 72.3 Å². The lowest BCUT2D eigenvalue weighted by Gasteiger charge is -2.41. The summed E-state index contributed by atoms with van der Waals surface area (Å²) in [7, 11) is -3.91. The molecule has 3 aromatic carbocycles. The number of rotatable bonds is 8. The molecule has 0 aromatic heterocycles. The zero-order valence-corrected chi connectivity index (χ0v) is 22.6. The van der Waals surface area contributed by atoms with E-state index in [1.165, 1.54) is 12.1 Å². The summed E-state index contributed by atoms with van der Waals surface area (Å²) in [5.74, 6) is 0. The van der Waals surface area contributed by atoms with Crippen molar-refractivity contribution < 1.29 is 26.4 Å². The minimum Gasteiger partial charge on any atom is -0.333 e. The van der Waals surface area contributed by atoms with Gasteiger partial charge in [0.15, 0.2) is 0 Å². The van der Waals surface area contributed by atoms with Gasteiger partial charge in [-0.05, 0) is 62.4 Å². The molecule has 1 aliphatic rings. The zero-order chi connectivity index (χ0) is 28.2. The van der Waals surface area contributed by atoms with Crippen LogP contribution in [-0.4, -0.2) is 50.6 Å². The van der Waals surface area contributed by atoms with E-state index in [4.69, 9.17) is 0 Å². The van der Waals surface area contributed by atoms with Crippen molar-refractivity contribution in [2.45, 2.75) is 62.3 Å². The first-order valence-corrected chi connectivity index (χ1v) is 14.4. The molecule has 210 valence electrons. The summed E-state index contributed by atoms with van der Waals surface area (Å²) in [4.78, 5) is 15.2. The third kappa shape index (κ3) is 7.28. The van der Waals surface area contributed by atoms with E-state index in [2.05, 4.69) is 34.1 Å². The van der Waals surface area contributed by atoms with Gasteiger partial charge < -0.3 is 10.6 Å². The fourth-order valence-electron chi connectivity index (χ4n) is 5.06. The van der Waals surface area contributed by atoms with Crippen LogP contribution in [0.3, 0.4) is 0 Å². The molecule has 0 bridgehead atoms. The first kappa shape index (κ1) is 28.8. The number of likely N-dealkylation sites (tertiary alicyclic amines) is 1. The summed E-state index contributed by atoms with van der Waals surface area (Å²) in [5.41, 5.74) is -0.627. The third-order valence-corrected chi connectivity index (χ3v) is 8.65. The van der Waals surface area contributed by atoms with Gasteiger partial charge in [-0.25, -0.2) is 17.9 Å². The first-order valence-electron chi connectivity index (χ1n) is 12.9. The molecule has 1 heterocycles. The van der Waals surface area contributed by atoms with Crippen molar-refractivity contribution in [3.8, 4) is 0 Å². The molecule has 0 aliphatic carbocycles.